The Bertz CT molecular complexity index is 501. The Morgan fingerprint density at radius 1 is 1.14 bits per heavy atom. The quantitative estimate of drug-likeness (QED) is 0.649. The van der Waals surface area contributed by atoms with Crippen LogP contribution in [0.5, 0.6) is 0 Å². The highest BCUT2D eigenvalue weighted by atomic mass is 19.4. The van der Waals surface area contributed by atoms with Crippen LogP contribution in [0.15, 0.2) is 24.3 Å². The van der Waals surface area contributed by atoms with E-state index in [2.05, 4.69) is 10.6 Å². The largest absolute Gasteiger partial charge is 0.416 e. The fraction of sp³-hybridized carbons (Fsp3) is 0.429. The highest BCUT2D eigenvalue weighted by Crippen LogP contribution is 2.30. The molecular weight excluding hydrogens is 285 g/mol. The molecule has 4 nitrogen and oxygen atoms in total. The van der Waals surface area contributed by atoms with Gasteiger partial charge in [-0.05, 0) is 24.6 Å². The summed E-state index contributed by atoms with van der Waals surface area (Å²) >= 11 is 0. The number of rotatable bonds is 5. The van der Waals surface area contributed by atoms with Crippen molar-refractivity contribution in [2.75, 3.05) is 11.9 Å². The van der Waals surface area contributed by atoms with E-state index >= 15 is 0 Å². The van der Waals surface area contributed by atoms with Crippen molar-refractivity contribution in [2.45, 2.75) is 32.4 Å². The van der Waals surface area contributed by atoms with Crippen LogP contribution < -0.4 is 10.6 Å². The summed E-state index contributed by atoms with van der Waals surface area (Å²) in [6.45, 7) is 2.37. The lowest BCUT2D eigenvalue weighted by Crippen LogP contribution is -2.35. The molecule has 2 N–H and O–H groups in total. The van der Waals surface area contributed by atoms with Crippen molar-refractivity contribution in [3.05, 3.63) is 29.8 Å². The normalized spacial score (nSPS) is 11.0. The fourth-order valence-corrected chi connectivity index (χ4v) is 1.62. The zero-order valence-electron chi connectivity index (χ0n) is 11.6. The molecule has 0 bridgehead atoms. The first kappa shape index (κ1) is 17.0. The van der Waals surface area contributed by atoms with Crippen LogP contribution in [-0.2, 0) is 15.8 Å². The second-order valence-electron chi connectivity index (χ2n) is 4.50. The van der Waals surface area contributed by atoms with Crippen molar-refractivity contribution in [1.29, 1.82) is 0 Å². The van der Waals surface area contributed by atoms with Crippen LogP contribution in [0.1, 0.15) is 31.7 Å². The van der Waals surface area contributed by atoms with Gasteiger partial charge in [-0.3, -0.25) is 9.59 Å². The van der Waals surface area contributed by atoms with Crippen molar-refractivity contribution >= 4 is 17.5 Å². The standard InChI is InChI=1S/C14H17F3N2O2/c1-2-3-4-8-18-12(20)13(21)19-11-7-5-6-10(9-11)14(15,16)17/h5-7,9H,2-4,8H2,1H3,(H,18,20)(H,19,21). The first-order valence-corrected chi connectivity index (χ1v) is 6.61. The van der Waals surface area contributed by atoms with Gasteiger partial charge in [-0.2, -0.15) is 13.2 Å². The van der Waals surface area contributed by atoms with Gasteiger partial charge in [-0.25, -0.2) is 0 Å². The van der Waals surface area contributed by atoms with Crippen molar-refractivity contribution < 1.29 is 22.8 Å². The fourth-order valence-electron chi connectivity index (χ4n) is 1.62. The molecule has 116 valence electrons. The van der Waals surface area contributed by atoms with Gasteiger partial charge in [0, 0.05) is 12.2 Å². The summed E-state index contributed by atoms with van der Waals surface area (Å²) in [4.78, 5) is 23.0. The maximum atomic E-state index is 12.5. The molecule has 0 atom stereocenters. The number of anilines is 1. The number of carbonyl (C=O) groups is 2. The summed E-state index contributed by atoms with van der Waals surface area (Å²) in [6.07, 6.45) is -1.84. The van der Waals surface area contributed by atoms with Crippen LogP contribution in [0.25, 0.3) is 0 Å². The molecule has 0 aliphatic heterocycles. The number of halogens is 3. The van der Waals surface area contributed by atoms with Crippen LogP contribution in [0, 0.1) is 0 Å². The van der Waals surface area contributed by atoms with Crippen LogP contribution in [-0.4, -0.2) is 18.4 Å². The molecule has 1 aromatic carbocycles. The van der Waals surface area contributed by atoms with Gasteiger partial charge in [0.05, 0.1) is 5.56 Å². The van der Waals surface area contributed by atoms with Crippen LogP contribution in [0.4, 0.5) is 18.9 Å². The van der Waals surface area contributed by atoms with Gasteiger partial charge < -0.3 is 10.6 Å². The van der Waals surface area contributed by atoms with E-state index in [1.54, 1.807) is 0 Å². The van der Waals surface area contributed by atoms with E-state index in [4.69, 9.17) is 0 Å². The van der Waals surface area contributed by atoms with Crippen LogP contribution in [0.3, 0.4) is 0 Å². The molecule has 0 heterocycles. The highest BCUT2D eigenvalue weighted by molar-refractivity contribution is 6.39. The zero-order valence-corrected chi connectivity index (χ0v) is 11.6. The molecular formula is C14H17F3N2O2. The Morgan fingerprint density at radius 2 is 1.86 bits per heavy atom. The smallest absolute Gasteiger partial charge is 0.348 e. The predicted octanol–water partition coefficient (Wildman–Crippen LogP) is 2.95. The van der Waals surface area contributed by atoms with Crippen molar-refractivity contribution in [2.24, 2.45) is 0 Å². The van der Waals surface area contributed by atoms with E-state index in [9.17, 15) is 22.8 Å². The van der Waals surface area contributed by atoms with Gasteiger partial charge >= 0.3 is 18.0 Å². The summed E-state index contributed by atoms with van der Waals surface area (Å²) in [5.41, 5.74) is -0.956. The number of benzene rings is 1. The summed E-state index contributed by atoms with van der Waals surface area (Å²) in [5, 5.41) is 4.55. The number of amides is 2. The Kier molecular flexibility index (Phi) is 6.20. The van der Waals surface area contributed by atoms with Crippen LogP contribution >= 0.6 is 0 Å². The average molecular weight is 302 g/mol. The first-order valence-electron chi connectivity index (χ1n) is 6.61. The lowest BCUT2D eigenvalue weighted by molar-refractivity contribution is -0.137. The Morgan fingerprint density at radius 3 is 2.48 bits per heavy atom. The Labute approximate surface area is 120 Å². The molecule has 0 aromatic heterocycles. The van der Waals surface area contributed by atoms with E-state index in [0.717, 1.165) is 37.5 Å². The number of nitrogens with one attached hydrogen (secondary N) is 2. The maximum absolute atomic E-state index is 12.5. The summed E-state index contributed by atoms with van der Waals surface area (Å²) in [6, 6.07) is 4.12. The topological polar surface area (TPSA) is 58.2 Å². The molecule has 2 amide bonds. The van der Waals surface area contributed by atoms with Crippen molar-refractivity contribution in [3.8, 4) is 0 Å². The highest BCUT2D eigenvalue weighted by Gasteiger charge is 2.30. The monoisotopic (exact) mass is 302 g/mol. The molecule has 0 saturated carbocycles. The van der Waals surface area contributed by atoms with Gasteiger partial charge in [0.25, 0.3) is 0 Å². The van der Waals surface area contributed by atoms with E-state index in [-0.39, 0.29) is 5.69 Å². The first-order chi connectivity index (χ1) is 9.84. The number of carbonyl (C=O) groups excluding carboxylic acids is 2. The van der Waals surface area contributed by atoms with Gasteiger partial charge in [0.2, 0.25) is 0 Å². The molecule has 0 radical (unpaired) electrons. The van der Waals surface area contributed by atoms with E-state index in [0.29, 0.717) is 6.54 Å². The third-order valence-electron chi connectivity index (χ3n) is 2.72. The molecule has 1 aromatic rings. The molecule has 21 heavy (non-hydrogen) atoms. The second-order valence-corrected chi connectivity index (χ2v) is 4.50. The molecule has 0 spiro atoms. The van der Waals surface area contributed by atoms with Gasteiger partial charge in [0.15, 0.2) is 0 Å². The SMILES string of the molecule is CCCCCNC(=O)C(=O)Nc1cccc(C(F)(F)F)c1. The lowest BCUT2D eigenvalue weighted by Gasteiger charge is -2.10. The van der Waals surface area contributed by atoms with Crippen molar-refractivity contribution in [3.63, 3.8) is 0 Å². The average Bonchev–Trinajstić information content (AvgIpc) is 2.42. The Hall–Kier alpha value is -2.05. The van der Waals surface area contributed by atoms with Crippen molar-refractivity contribution in [1.82, 2.24) is 5.32 Å². The molecule has 0 aliphatic carbocycles. The van der Waals surface area contributed by atoms with E-state index in [1.165, 1.54) is 6.07 Å². The third-order valence-corrected chi connectivity index (χ3v) is 2.72. The number of hydrogen-bond acceptors (Lipinski definition) is 2. The minimum Gasteiger partial charge on any atom is -0.348 e. The van der Waals surface area contributed by atoms with Gasteiger partial charge in [-0.1, -0.05) is 25.8 Å². The predicted molar refractivity (Wildman–Crippen MR) is 72.6 cm³/mol. The minimum absolute atomic E-state index is 0.0708. The number of alkyl halides is 3. The second kappa shape index (κ2) is 7.66. The summed E-state index contributed by atoms with van der Waals surface area (Å²) in [7, 11) is 0. The van der Waals surface area contributed by atoms with Gasteiger partial charge in [0.1, 0.15) is 0 Å². The van der Waals surface area contributed by atoms with Gasteiger partial charge in [-0.15, -0.1) is 0 Å². The molecule has 0 fully saturated rings. The molecule has 1 rings (SSSR count). The minimum atomic E-state index is -4.50. The lowest BCUT2D eigenvalue weighted by atomic mass is 10.2. The van der Waals surface area contributed by atoms with E-state index in [1.807, 2.05) is 6.92 Å². The molecule has 0 aliphatic rings. The summed E-state index contributed by atoms with van der Waals surface area (Å²) < 4.78 is 37.5. The molecule has 0 unspecified atom stereocenters. The van der Waals surface area contributed by atoms with E-state index < -0.39 is 23.6 Å². The van der Waals surface area contributed by atoms with Crippen LogP contribution in [0.2, 0.25) is 0 Å². The number of unbranched alkanes of at least 4 members (excludes halogenated alkanes) is 2. The Balaban J connectivity index is 2.56. The number of hydrogen-bond donors (Lipinski definition) is 2. The maximum Gasteiger partial charge on any atom is 0.416 e. The molecule has 0 saturated heterocycles. The zero-order chi connectivity index (χ0) is 15.9. The molecule has 7 heteroatoms. The summed E-state index contributed by atoms with van der Waals surface area (Å²) in [5.74, 6) is -1.84. The third kappa shape index (κ3) is 5.85.